The summed E-state index contributed by atoms with van der Waals surface area (Å²) in [6.45, 7) is 0. The Balaban J connectivity index is 2.01. The third kappa shape index (κ3) is 0.655. The maximum Gasteiger partial charge on any atom is 0.313 e. The predicted molar refractivity (Wildman–Crippen MR) is 31.8 cm³/mol. The molecule has 0 radical (unpaired) electrons. The number of hydrogen-bond donors (Lipinski definition) is 0. The first-order chi connectivity index (χ1) is 4.38. The molecule has 9 heavy (non-hydrogen) atoms. The van der Waals surface area contributed by atoms with E-state index in [1.54, 1.807) is 0 Å². The van der Waals surface area contributed by atoms with Gasteiger partial charge < -0.3 is 4.74 Å². The Bertz CT molecular complexity index is 142. The molecule has 1 aliphatic heterocycles. The fourth-order valence-corrected chi connectivity index (χ4v) is 1.67. The molecule has 0 amide bonds. The monoisotopic (exact) mass is 126 g/mol. The van der Waals surface area contributed by atoms with E-state index in [0.717, 1.165) is 12.8 Å². The van der Waals surface area contributed by atoms with E-state index in [-0.39, 0.29) is 5.97 Å². The summed E-state index contributed by atoms with van der Waals surface area (Å²) in [6, 6.07) is 0. The van der Waals surface area contributed by atoms with Crippen LogP contribution in [0.3, 0.4) is 0 Å². The molecule has 1 aliphatic carbocycles. The lowest BCUT2D eigenvalue weighted by Gasteiger charge is -2.38. The van der Waals surface area contributed by atoms with Gasteiger partial charge in [-0.25, -0.2) is 0 Å². The van der Waals surface area contributed by atoms with Gasteiger partial charge in [-0.2, -0.15) is 0 Å². The Labute approximate surface area is 54.2 Å². The SMILES string of the molecule is O=C1OC2CCCCC12. The van der Waals surface area contributed by atoms with E-state index in [9.17, 15) is 4.79 Å². The van der Waals surface area contributed by atoms with Crippen LogP contribution in [-0.4, -0.2) is 12.1 Å². The minimum Gasteiger partial charge on any atom is -0.461 e. The highest BCUT2D eigenvalue weighted by Crippen LogP contribution is 2.35. The topological polar surface area (TPSA) is 26.3 Å². The van der Waals surface area contributed by atoms with Crippen LogP contribution < -0.4 is 0 Å². The van der Waals surface area contributed by atoms with Crippen molar-refractivity contribution in [1.82, 2.24) is 0 Å². The van der Waals surface area contributed by atoms with Gasteiger partial charge in [-0.1, -0.05) is 6.42 Å². The van der Waals surface area contributed by atoms with Gasteiger partial charge >= 0.3 is 5.97 Å². The summed E-state index contributed by atoms with van der Waals surface area (Å²) >= 11 is 0. The van der Waals surface area contributed by atoms with Crippen molar-refractivity contribution in [2.45, 2.75) is 31.8 Å². The number of fused-ring (bicyclic) bond motifs is 1. The molecular weight excluding hydrogens is 116 g/mol. The second-order valence-electron chi connectivity index (χ2n) is 2.87. The number of rotatable bonds is 0. The zero-order valence-corrected chi connectivity index (χ0v) is 5.30. The zero-order chi connectivity index (χ0) is 6.27. The fourth-order valence-electron chi connectivity index (χ4n) is 1.67. The van der Waals surface area contributed by atoms with Crippen LogP contribution in [0.15, 0.2) is 0 Å². The maximum atomic E-state index is 10.6. The molecule has 2 unspecified atom stereocenters. The average molecular weight is 126 g/mol. The van der Waals surface area contributed by atoms with E-state index in [1.165, 1.54) is 12.8 Å². The molecule has 1 saturated heterocycles. The van der Waals surface area contributed by atoms with Gasteiger partial charge in [0.2, 0.25) is 0 Å². The van der Waals surface area contributed by atoms with E-state index in [2.05, 4.69) is 0 Å². The van der Waals surface area contributed by atoms with Crippen molar-refractivity contribution in [3.8, 4) is 0 Å². The lowest BCUT2D eigenvalue weighted by Crippen LogP contribution is -2.46. The molecular formula is C7H10O2. The third-order valence-electron chi connectivity index (χ3n) is 2.27. The smallest absolute Gasteiger partial charge is 0.313 e. The lowest BCUT2D eigenvalue weighted by atomic mass is 9.83. The summed E-state index contributed by atoms with van der Waals surface area (Å²) in [4.78, 5) is 10.6. The first-order valence-electron chi connectivity index (χ1n) is 3.58. The highest BCUT2D eigenvalue weighted by atomic mass is 16.6. The van der Waals surface area contributed by atoms with Crippen LogP contribution in [0, 0.1) is 5.92 Å². The van der Waals surface area contributed by atoms with Crippen molar-refractivity contribution in [3.63, 3.8) is 0 Å². The Kier molecular flexibility index (Phi) is 1.01. The van der Waals surface area contributed by atoms with E-state index < -0.39 is 0 Å². The van der Waals surface area contributed by atoms with E-state index in [0.29, 0.717) is 12.0 Å². The molecule has 50 valence electrons. The third-order valence-corrected chi connectivity index (χ3v) is 2.27. The molecule has 2 aliphatic rings. The van der Waals surface area contributed by atoms with Crippen LogP contribution >= 0.6 is 0 Å². The summed E-state index contributed by atoms with van der Waals surface area (Å²) in [5, 5.41) is 0. The van der Waals surface area contributed by atoms with Crippen molar-refractivity contribution in [1.29, 1.82) is 0 Å². The van der Waals surface area contributed by atoms with Crippen LogP contribution in [0.25, 0.3) is 0 Å². The molecule has 0 spiro atoms. The predicted octanol–water partition coefficient (Wildman–Crippen LogP) is 1.10. The van der Waals surface area contributed by atoms with Crippen molar-refractivity contribution in [2.75, 3.05) is 0 Å². The molecule has 2 fully saturated rings. The summed E-state index contributed by atoms with van der Waals surface area (Å²) in [7, 11) is 0. The number of esters is 1. The molecule has 0 aromatic carbocycles. The maximum absolute atomic E-state index is 10.6. The second-order valence-corrected chi connectivity index (χ2v) is 2.87. The number of carbonyl (C=O) groups is 1. The molecule has 0 aromatic heterocycles. The van der Waals surface area contributed by atoms with Crippen molar-refractivity contribution in [3.05, 3.63) is 0 Å². The van der Waals surface area contributed by atoms with E-state index >= 15 is 0 Å². The largest absolute Gasteiger partial charge is 0.461 e. The highest BCUT2D eigenvalue weighted by Gasteiger charge is 2.43. The number of hydrogen-bond acceptors (Lipinski definition) is 2. The summed E-state index contributed by atoms with van der Waals surface area (Å²) in [5.41, 5.74) is 0. The zero-order valence-electron chi connectivity index (χ0n) is 5.30. The van der Waals surface area contributed by atoms with Crippen LogP contribution in [-0.2, 0) is 9.53 Å². The quantitative estimate of drug-likeness (QED) is 0.454. The minimum atomic E-state index is 0.0414. The molecule has 2 rings (SSSR count). The summed E-state index contributed by atoms with van der Waals surface area (Å²) < 4.78 is 4.90. The van der Waals surface area contributed by atoms with Gasteiger partial charge in [0.25, 0.3) is 0 Å². The Hall–Kier alpha value is -0.530. The normalized spacial score (nSPS) is 40.7. The molecule has 0 bridgehead atoms. The Morgan fingerprint density at radius 1 is 1.33 bits per heavy atom. The van der Waals surface area contributed by atoms with Gasteiger partial charge in [-0.15, -0.1) is 0 Å². The van der Waals surface area contributed by atoms with Crippen molar-refractivity contribution < 1.29 is 9.53 Å². The van der Waals surface area contributed by atoms with Crippen molar-refractivity contribution >= 4 is 5.97 Å². The number of ether oxygens (including phenoxy) is 1. The summed E-state index contributed by atoms with van der Waals surface area (Å²) in [6.07, 6.45) is 4.95. The van der Waals surface area contributed by atoms with E-state index in [4.69, 9.17) is 4.74 Å². The summed E-state index contributed by atoms with van der Waals surface area (Å²) in [5.74, 6) is 0.332. The van der Waals surface area contributed by atoms with Gasteiger partial charge in [-0.3, -0.25) is 4.79 Å². The van der Waals surface area contributed by atoms with Gasteiger partial charge in [0, 0.05) is 0 Å². The van der Waals surface area contributed by atoms with Gasteiger partial charge in [0.15, 0.2) is 0 Å². The van der Waals surface area contributed by atoms with Gasteiger partial charge in [-0.05, 0) is 19.3 Å². The van der Waals surface area contributed by atoms with Crippen LogP contribution in [0.2, 0.25) is 0 Å². The van der Waals surface area contributed by atoms with Crippen molar-refractivity contribution in [2.24, 2.45) is 5.92 Å². The number of carbonyl (C=O) groups excluding carboxylic acids is 1. The van der Waals surface area contributed by atoms with Crippen LogP contribution in [0.5, 0.6) is 0 Å². The van der Waals surface area contributed by atoms with E-state index in [1.807, 2.05) is 0 Å². The molecule has 1 saturated carbocycles. The lowest BCUT2D eigenvalue weighted by molar-refractivity contribution is -0.189. The van der Waals surface area contributed by atoms with Gasteiger partial charge in [0.05, 0.1) is 5.92 Å². The molecule has 1 heterocycles. The Morgan fingerprint density at radius 3 is 2.67 bits per heavy atom. The van der Waals surface area contributed by atoms with Gasteiger partial charge in [0.1, 0.15) is 6.10 Å². The van der Waals surface area contributed by atoms with Crippen LogP contribution in [0.4, 0.5) is 0 Å². The fraction of sp³-hybridized carbons (Fsp3) is 0.857. The van der Waals surface area contributed by atoms with Crippen LogP contribution in [0.1, 0.15) is 25.7 Å². The standard InChI is InChI=1S/C7H10O2/c8-7-5-3-1-2-4-6(5)9-7/h5-6H,1-4H2. The highest BCUT2D eigenvalue weighted by molar-refractivity contribution is 5.78. The Morgan fingerprint density at radius 2 is 2.11 bits per heavy atom. The molecule has 2 nitrogen and oxygen atoms in total. The second kappa shape index (κ2) is 1.72. The average Bonchev–Trinajstić information content (AvgIpc) is 1.86. The molecule has 2 heteroatoms. The molecule has 2 atom stereocenters. The first-order valence-corrected chi connectivity index (χ1v) is 3.58. The minimum absolute atomic E-state index is 0.0414. The molecule has 0 aromatic rings. The first kappa shape index (κ1) is 5.27. The molecule has 0 N–H and O–H groups in total.